The number of ether oxygens (including phenoxy) is 2. The molecule has 0 amide bonds. The Labute approximate surface area is 114 Å². The van der Waals surface area contributed by atoms with Crippen molar-refractivity contribution in [2.24, 2.45) is 0 Å². The molecule has 3 N–H and O–H groups in total. The molecule has 0 unspecified atom stereocenters. The summed E-state index contributed by atoms with van der Waals surface area (Å²) in [6.07, 6.45) is -8.26. The smallest absolute Gasteiger partial charge is 0.338 e. The SMILES string of the molecule is O=C(O[C@H]1[C@@H](O)[C@H](O)[C@@H](CO)O[C@@H]1F)c1ccccc1. The van der Waals surface area contributed by atoms with E-state index in [1.165, 1.54) is 12.1 Å². The molecule has 0 aromatic heterocycles. The standard InChI is InChI=1S/C13H15FO6/c14-12-11(10(17)9(16)8(6-15)19-12)20-13(18)7-4-2-1-3-5-7/h1-5,8-12,15-17H,6H2/t8-,9-,10+,11+,12+/m1/s1. The second kappa shape index (κ2) is 6.27. The second-order valence-electron chi connectivity index (χ2n) is 4.43. The van der Waals surface area contributed by atoms with Gasteiger partial charge in [-0.15, -0.1) is 0 Å². The predicted octanol–water partition coefficient (Wildman–Crippen LogP) is -0.380. The Hall–Kier alpha value is -1.54. The molecule has 7 heteroatoms. The molecule has 1 aromatic carbocycles. The van der Waals surface area contributed by atoms with Gasteiger partial charge in [0.2, 0.25) is 6.36 Å². The molecule has 110 valence electrons. The van der Waals surface area contributed by atoms with Gasteiger partial charge in [-0.2, -0.15) is 0 Å². The summed E-state index contributed by atoms with van der Waals surface area (Å²) < 4.78 is 23.2. The molecular weight excluding hydrogens is 271 g/mol. The first-order chi connectivity index (χ1) is 9.54. The van der Waals surface area contributed by atoms with Crippen molar-refractivity contribution >= 4 is 5.97 Å². The molecule has 1 aromatic rings. The molecule has 0 bridgehead atoms. The fourth-order valence-electron chi connectivity index (χ4n) is 1.93. The zero-order valence-corrected chi connectivity index (χ0v) is 10.4. The van der Waals surface area contributed by atoms with Gasteiger partial charge in [-0.25, -0.2) is 9.18 Å². The van der Waals surface area contributed by atoms with Crippen molar-refractivity contribution in [2.75, 3.05) is 6.61 Å². The summed E-state index contributed by atoms with van der Waals surface area (Å²) in [7, 11) is 0. The van der Waals surface area contributed by atoms with Crippen LogP contribution in [0.5, 0.6) is 0 Å². The number of aliphatic hydroxyl groups excluding tert-OH is 3. The van der Waals surface area contributed by atoms with E-state index in [9.17, 15) is 19.4 Å². The fourth-order valence-corrected chi connectivity index (χ4v) is 1.93. The molecule has 5 atom stereocenters. The number of esters is 1. The summed E-state index contributed by atoms with van der Waals surface area (Å²) in [5, 5.41) is 28.2. The van der Waals surface area contributed by atoms with Gasteiger partial charge < -0.3 is 24.8 Å². The van der Waals surface area contributed by atoms with Crippen LogP contribution in [0.25, 0.3) is 0 Å². The number of halogens is 1. The fraction of sp³-hybridized carbons (Fsp3) is 0.462. The third-order valence-electron chi connectivity index (χ3n) is 3.06. The third-order valence-corrected chi connectivity index (χ3v) is 3.06. The Kier molecular flexibility index (Phi) is 4.66. The maximum absolute atomic E-state index is 13.7. The summed E-state index contributed by atoms with van der Waals surface area (Å²) in [5.74, 6) is -0.837. The van der Waals surface area contributed by atoms with Crippen molar-refractivity contribution in [1.29, 1.82) is 0 Å². The molecule has 1 aliphatic heterocycles. The summed E-state index contributed by atoms with van der Waals surface area (Å²) in [6, 6.07) is 7.85. The molecule has 6 nitrogen and oxygen atoms in total. The second-order valence-corrected chi connectivity index (χ2v) is 4.43. The van der Waals surface area contributed by atoms with Crippen LogP contribution in [0.4, 0.5) is 4.39 Å². The normalized spacial score (nSPS) is 33.7. The van der Waals surface area contributed by atoms with E-state index in [1.54, 1.807) is 18.2 Å². The van der Waals surface area contributed by atoms with Crippen LogP contribution >= 0.6 is 0 Å². The molecule has 1 heterocycles. The predicted molar refractivity (Wildman–Crippen MR) is 64.5 cm³/mol. The molecular formula is C13H15FO6. The Morgan fingerprint density at radius 2 is 1.90 bits per heavy atom. The van der Waals surface area contributed by atoms with Crippen molar-refractivity contribution in [1.82, 2.24) is 0 Å². The van der Waals surface area contributed by atoms with Crippen molar-refractivity contribution in [3.05, 3.63) is 35.9 Å². The van der Waals surface area contributed by atoms with E-state index in [0.717, 1.165) is 0 Å². The van der Waals surface area contributed by atoms with Crippen LogP contribution in [0, 0.1) is 0 Å². The van der Waals surface area contributed by atoms with Gasteiger partial charge in [0.25, 0.3) is 0 Å². The van der Waals surface area contributed by atoms with Crippen LogP contribution < -0.4 is 0 Å². The first-order valence-corrected chi connectivity index (χ1v) is 6.07. The maximum atomic E-state index is 13.7. The van der Waals surface area contributed by atoms with E-state index < -0.39 is 43.3 Å². The van der Waals surface area contributed by atoms with Crippen LogP contribution in [0.2, 0.25) is 0 Å². The number of benzene rings is 1. The van der Waals surface area contributed by atoms with Crippen LogP contribution in [0.3, 0.4) is 0 Å². The largest absolute Gasteiger partial charge is 0.450 e. The van der Waals surface area contributed by atoms with E-state index in [2.05, 4.69) is 4.74 Å². The molecule has 1 saturated heterocycles. The average molecular weight is 286 g/mol. The number of hydrogen-bond donors (Lipinski definition) is 3. The van der Waals surface area contributed by atoms with Crippen LogP contribution in [0.15, 0.2) is 30.3 Å². The van der Waals surface area contributed by atoms with E-state index in [1.807, 2.05) is 0 Å². The Morgan fingerprint density at radius 1 is 1.25 bits per heavy atom. The zero-order valence-electron chi connectivity index (χ0n) is 10.4. The zero-order chi connectivity index (χ0) is 14.7. The highest BCUT2D eigenvalue weighted by atomic mass is 19.1. The van der Waals surface area contributed by atoms with E-state index >= 15 is 0 Å². The Balaban J connectivity index is 2.07. The Morgan fingerprint density at radius 3 is 2.50 bits per heavy atom. The van der Waals surface area contributed by atoms with Crippen LogP contribution in [-0.4, -0.2) is 58.7 Å². The quantitative estimate of drug-likeness (QED) is 0.656. The average Bonchev–Trinajstić information content (AvgIpc) is 2.48. The minimum Gasteiger partial charge on any atom is -0.450 e. The molecule has 0 spiro atoms. The van der Waals surface area contributed by atoms with Crippen molar-refractivity contribution in [3.63, 3.8) is 0 Å². The number of aliphatic hydroxyl groups is 3. The summed E-state index contributed by atoms with van der Waals surface area (Å²) in [4.78, 5) is 11.8. The summed E-state index contributed by atoms with van der Waals surface area (Å²) in [5.41, 5.74) is 0.186. The highest BCUT2D eigenvalue weighted by molar-refractivity contribution is 5.89. The van der Waals surface area contributed by atoms with Crippen LogP contribution in [0.1, 0.15) is 10.4 Å². The number of rotatable bonds is 3. The highest BCUT2D eigenvalue weighted by Crippen LogP contribution is 2.25. The molecule has 2 rings (SSSR count). The summed E-state index contributed by atoms with van der Waals surface area (Å²) >= 11 is 0. The first-order valence-electron chi connectivity index (χ1n) is 6.07. The van der Waals surface area contributed by atoms with E-state index in [4.69, 9.17) is 9.84 Å². The van der Waals surface area contributed by atoms with Crippen molar-refractivity contribution < 1.29 is 34.0 Å². The lowest BCUT2D eigenvalue weighted by Crippen LogP contribution is -2.58. The monoisotopic (exact) mass is 286 g/mol. The molecule has 1 fully saturated rings. The molecule has 0 radical (unpaired) electrons. The lowest BCUT2D eigenvalue weighted by Gasteiger charge is -2.38. The maximum Gasteiger partial charge on any atom is 0.338 e. The van der Waals surface area contributed by atoms with E-state index in [-0.39, 0.29) is 5.56 Å². The highest BCUT2D eigenvalue weighted by Gasteiger charge is 2.46. The summed E-state index contributed by atoms with van der Waals surface area (Å²) in [6.45, 7) is -0.655. The van der Waals surface area contributed by atoms with E-state index in [0.29, 0.717) is 0 Å². The van der Waals surface area contributed by atoms with Gasteiger partial charge in [-0.1, -0.05) is 18.2 Å². The number of alkyl halides is 1. The topological polar surface area (TPSA) is 96.2 Å². The molecule has 0 aliphatic carbocycles. The minimum absolute atomic E-state index is 0.186. The van der Waals surface area contributed by atoms with Gasteiger partial charge in [0.1, 0.15) is 18.3 Å². The van der Waals surface area contributed by atoms with Gasteiger partial charge in [0, 0.05) is 0 Å². The van der Waals surface area contributed by atoms with Crippen LogP contribution in [-0.2, 0) is 9.47 Å². The number of carbonyl (C=O) groups is 1. The van der Waals surface area contributed by atoms with Gasteiger partial charge in [0.15, 0.2) is 6.10 Å². The third kappa shape index (κ3) is 2.96. The number of hydrogen-bond acceptors (Lipinski definition) is 6. The molecule has 0 saturated carbocycles. The molecule has 1 aliphatic rings. The lowest BCUT2D eigenvalue weighted by atomic mass is 9.99. The van der Waals surface area contributed by atoms with Gasteiger partial charge in [0.05, 0.1) is 12.2 Å². The minimum atomic E-state index is -2.13. The van der Waals surface area contributed by atoms with Gasteiger partial charge in [-0.05, 0) is 12.1 Å². The van der Waals surface area contributed by atoms with Gasteiger partial charge >= 0.3 is 5.97 Å². The lowest BCUT2D eigenvalue weighted by molar-refractivity contribution is -0.262. The Bertz CT molecular complexity index is 453. The number of carbonyl (C=O) groups excluding carboxylic acids is 1. The van der Waals surface area contributed by atoms with Gasteiger partial charge in [-0.3, -0.25) is 0 Å². The van der Waals surface area contributed by atoms with Crippen molar-refractivity contribution in [3.8, 4) is 0 Å². The first kappa shape index (κ1) is 14.9. The molecule has 20 heavy (non-hydrogen) atoms. The van der Waals surface area contributed by atoms with Crippen molar-refractivity contribution in [2.45, 2.75) is 30.8 Å².